The van der Waals surface area contributed by atoms with Crippen molar-refractivity contribution in [1.82, 2.24) is 9.80 Å². The van der Waals surface area contributed by atoms with Gasteiger partial charge in [0.1, 0.15) is 11.5 Å². The first-order chi connectivity index (χ1) is 15.2. The largest absolute Gasteiger partial charge is 0.457 e. The molecule has 1 fully saturated rings. The van der Waals surface area contributed by atoms with Crippen LogP contribution in [0.4, 0.5) is 0 Å². The molecule has 0 spiro atoms. The van der Waals surface area contributed by atoms with E-state index in [4.69, 9.17) is 4.74 Å². The average molecular weight is 413 g/mol. The monoisotopic (exact) mass is 412 g/mol. The van der Waals surface area contributed by atoms with Crippen LogP contribution in [0.5, 0.6) is 11.5 Å². The van der Waals surface area contributed by atoms with Crippen LogP contribution in [-0.2, 0) is 4.79 Å². The zero-order chi connectivity index (χ0) is 21.2. The van der Waals surface area contributed by atoms with Crippen LogP contribution in [0.25, 0.3) is 0 Å². The predicted octanol–water partition coefficient (Wildman–Crippen LogP) is 5.22. The maximum atomic E-state index is 14.1. The molecule has 2 aliphatic rings. The van der Waals surface area contributed by atoms with Gasteiger partial charge in [-0.25, -0.2) is 0 Å². The van der Waals surface area contributed by atoms with E-state index in [2.05, 4.69) is 29.2 Å². The molecule has 3 aromatic rings. The summed E-state index contributed by atoms with van der Waals surface area (Å²) in [7, 11) is 1.96. The Morgan fingerprint density at radius 3 is 2.06 bits per heavy atom. The number of carbonyl (C=O) groups excluding carboxylic acids is 1. The molecule has 1 saturated heterocycles. The van der Waals surface area contributed by atoms with Gasteiger partial charge in [0, 0.05) is 24.7 Å². The third-order valence-electron chi connectivity index (χ3n) is 6.56. The highest BCUT2D eigenvalue weighted by molar-refractivity contribution is 5.90. The van der Waals surface area contributed by atoms with E-state index in [0.29, 0.717) is 0 Å². The van der Waals surface area contributed by atoms with Crippen molar-refractivity contribution >= 4 is 5.91 Å². The van der Waals surface area contributed by atoms with Gasteiger partial charge in [-0.2, -0.15) is 0 Å². The van der Waals surface area contributed by atoms with E-state index in [1.165, 1.54) is 18.4 Å². The molecule has 3 aromatic carbocycles. The van der Waals surface area contributed by atoms with Gasteiger partial charge in [0.2, 0.25) is 5.91 Å². The van der Waals surface area contributed by atoms with Gasteiger partial charge >= 0.3 is 0 Å². The number of fused-ring (bicyclic) bond motifs is 2. The number of likely N-dealkylation sites (tertiary alicyclic amines) is 1. The lowest BCUT2D eigenvalue weighted by Gasteiger charge is -2.36. The van der Waals surface area contributed by atoms with Gasteiger partial charge < -0.3 is 14.5 Å². The number of hydrogen-bond acceptors (Lipinski definition) is 3. The fourth-order valence-electron chi connectivity index (χ4n) is 4.87. The minimum Gasteiger partial charge on any atom is -0.457 e. The zero-order valence-corrected chi connectivity index (χ0v) is 17.9. The number of carbonyl (C=O) groups is 1. The smallest absolute Gasteiger partial charge is 0.235 e. The van der Waals surface area contributed by atoms with E-state index >= 15 is 0 Å². The lowest BCUT2D eigenvalue weighted by atomic mass is 9.86. The normalized spacial score (nSPS) is 16.8. The number of rotatable bonds is 5. The van der Waals surface area contributed by atoms with Crippen LogP contribution in [-0.4, -0.2) is 42.4 Å². The summed E-state index contributed by atoms with van der Waals surface area (Å²) in [5.74, 6) is 1.28. The van der Waals surface area contributed by atoms with Crippen LogP contribution in [0.1, 0.15) is 41.5 Å². The molecule has 2 heterocycles. The van der Waals surface area contributed by atoms with Gasteiger partial charge in [-0.1, -0.05) is 66.7 Å². The lowest BCUT2D eigenvalue weighted by Crippen LogP contribution is -2.41. The molecule has 0 aromatic heterocycles. The lowest BCUT2D eigenvalue weighted by molar-refractivity contribution is -0.133. The van der Waals surface area contributed by atoms with E-state index < -0.39 is 0 Å². The van der Waals surface area contributed by atoms with Crippen LogP contribution in [0.2, 0.25) is 0 Å². The molecule has 5 rings (SSSR count). The van der Waals surface area contributed by atoms with Crippen molar-refractivity contribution in [3.8, 4) is 11.5 Å². The Bertz CT molecular complexity index is 1010. The molecule has 0 radical (unpaired) electrons. The van der Waals surface area contributed by atoms with Crippen molar-refractivity contribution in [2.24, 2.45) is 0 Å². The van der Waals surface area contributed by atoms with Crippen molar-refractivity contribution in [2.75, 3.05) is 26.7 Å². The summed E-state index contributed by atoms with van der Waals surface area (Å²) in [6.07, 6.45) is 2.47. The van der Waals surface area contributed by atoms with Gasteiger partial charge in [-0.3, -0.25) is 4.79 Å². The number of amides is 1. The number of benzene rings is 3. The third-order valence-corrected chi connectivity index (χ3v) is 6.56. The van der Waals surface area contributed by atoms with E-state index in [0.717, 1.165) is 42.3 Å². The molecule has 4 heteroatoms. The Kier molecular flexibility index (Phi) is 5.47. The van der Waals surface area contributed by atoms with Gasteiger partial charge in [0.25, 0.3) is 0 Å². The zero-order valence-electron chi connectivity index (χ0n) is 17.9. The minimum atomic E-state index is -0.365. The van der Waals surface area contributed by atoms with Crippen molar-refractivity contribution < 1.29 is 9.53 Å². The average Bonchev–Trinajstić information content (AvgIpc) is 3.34. The van der Waals surface area contributed by atoms with E-state index in [1.807, 2.05) is 66.5 Å². The number of para-hydroxylation sites is 2. The van der Waals surface area contributed by atoms with Crippen LogP contribution in [0, 0.1) is 0 Å². The quantitative estimate of drug-likeness (QED) is 0.576. The van der Waals surface area contributed by atoms with Gasteiger partial charge in [0.15, 0.2) is 0 Å². The summed E-state index contributed by atoms with van der Waals surface area (Å²) in [6, 6.07) is 26.2. The first-order valence-electron chi connectivity index (χ1n) is 11.1. The van der Waals surface area contributed by atoms with E-state index in [9.17, 15) is 4.79 Å². The highest BCUT2D eigenvalue weighted by Gasteiger charge is 2.36. The van der Waals surface area contributed by atoms with Gasteiger partial charge in [0.05, 0.1) is 12.0 Å². The second-order valence-electron chi connectivity index (χ2n) is 8.49. The van der Waals surface area contributed by atoms with Crippen LogP contribution >= 0.6 is 0 Å². The summed E-state index contributed by atoms with van der Waals surface area (Å²) >= 11 is 0. The van der Waals surface area contributed by atoms with Crippen molar-refractivity contribution in [3.05, 3.63) is 95.6 Å². The number of ether oxygens (including phenoxy) is 1. The fraction of sp³-hybridized carbons (Fsp3) is 0.296. The molecular weight excluding hydrogens is 384 g/mol. The highest BCUT2D eigenvalue weighted by atomic mass is 16.5. The van der Waals surface area contributed by atoms with Crippen molar-refractivity contribution in [3.63, 3.8) is 0 Å². The van der Waals surface area contributed by atoms with E-state index in [1.54, 1.807) is 0 Å². The molecule has 0 N–H and O–H groups in total. The van der Waals surface area contributed by atoms with Crippen LogP contribution < -0.4 is 4.74 Å². The Morgan fingerprint density at radius 2 is 1.45 bits per heavy atom. The molecule has 4 nitrogen and oxygen atoms in total. The molecule has 1 amide bonds. The maximum Gasteiger partial charge on any atom is 0.235 e. The Hall–Kier alpha value is -3.11. The topological polar surface area (TPSA) is 32.8 Å². The third kappa shape index (κ3) is 3.84. The first-order valence-corrected chi connectivity index (χ1v) is 11.1. The van der Waals surface area contributed by atoms with Gasteiger partial charge in [-0.15, -0.1) is 0 Å². The predicted molar refractivity (Wildman–Crippen MR) is 122 cm³/mol. The highest BCUT2D eigenvalue weighted by Crippen LogP contribution is 2.45. The van der Waals surface area contributed by atoms with Gasteiger partial charge in [-0.05, 0) is 43.6 Å². The number of likely N-dealkylation sites (N-methyl/N-ethyl adjacent to an activating group) is 1. The Labute approximate surface area is 184 Å². The second kappa shape index (κ2) is 8.56. The number of hydrogen-bond donors (Lipinski definition) is 0. The fourth-order valence-corrected chi connectivity index (χ4v) is 4.87. The molecule has 1 atom stereocenters. The summed E-state index contributed by atoms with van der Waals surface area (Å²) in [4.78, 5) is 18.5. The molecule has 0 saturated carbocycles. The van der Waals surface area contributed by atoms with Crippen LogP contribution in [0.3, 0.4) is 0 Å². The number of nitrogens with zero attached hydrogens (tertiary/aromatic N) is 2. The Morgan fingerprint density at radius 1 is 0.903 bits per heavy atom. The maximum absolute atomic E-state index is 14.1. The molecule has 0 unspecified atom stereocenters. The molecule has 0 aliphatic carbocycles. The minimum absolute atomic E-state index is 0.00830. The van der Waals surface area contributed by atoms with Crippen molar-refractivity contribution in [1.29, 1.82) is 0 Å². The molecule has 2 aliphatic heterocycles. The summed E-state index contributed by atoms with van der Waals surface area (Å²) in [5.41, 5.74) is 3.05. The first kappa shape index (κ1) is 19.8. The summed E-state index contributed by atoms with van der Waals surface area (Å²) in [6.45, 7) is 3.07. The molecule has 158 valence electrons. The molecular formula is C27H28N2O2. The van der Waals surface area contributed by atoms with Crippen LogP contribution in [0.15, 0.2) is 78.9 Å². The summed E-state index contributed by atoms with van der Waals surface area (Å²) in [5, 5.41) is 0. The van der Waals surface area contributed by atoms with Crippen molar-refractivity contribution in [2.45, 2.75) is 24.8 Å². The van der Waals surface area contributed by atoms with E-state index in [-0.39, 0.29) is 17.9 Å². The summed E-state index contributed by atoms with van der Waals surface area (Å²) < 4.78 is 6.11. The molecule has 31 heavy (non-hydrogen) atoms. The Balaban J connectivity index is 1.52. The molecule has 0 bridgehead atoms. The standard InChI is InChI=1S/C27H28N2O2/c1-28(23(19-29-17-9-10-18-29)20-11-3-2-4-12-20)27(30)26-21-13-5-7-15-24(21)31-25-16-8-6-14-22(25)26/h2-8,11-16,23,26H,9-10,17-19H2,1H3/t23-/m1/s1. The SMILES string of the molecule is CN(C(=O)C1c2ccccc2Oc2ccccc21)[C@H](CN1CCCC1)c1ccccc1. The second-order valence-corrected chi connectivity index (χ2v) is 8.49.